The first-order chi connectivity index (χ1) is 22.6. The fraction of sp³-hybridized carbons (Fsp3) is 0.750. The second-order valence-corrected chi connectivity index (χ2v) is 13.8. The summed E-state index contributed by atoms with van der Waals surface area (Å²) >= 11 is 0. The van der Waals surface area contributed by atoms with Crippen LogP contribution in [0.4, 0.5) is 0 Å². The predicted octanol–water partition coefficient (Wildman–Crippen LogP) is -1.71. The molecule has 16 heteroatoms. The van der Waals surface area contributed by atoms with Crippen LogP contribution in [0, 0.1) is 11.8 Å². The third-order valence-corrected chi connectivity index (χ3v) is 8.71. The van der Waals surface area contributed by atoms with Crippen LogP contribution in [0.2, 0.25) is 0 Å². The third kappa shape index (κ3) is 10.4. The Kier molecular flexibility index (Phi) is 13.7. The van der Waals surface area contributed by atoms with E-state index in [0.29, 0.717) is 25.7 Å². The maximum absolute atomic E-state index is 13.7. The number of hydrogen-bond acceptors (Lipinski definition) is 8. The van der Waals surface area contributed by atoms with E-state index in [1.807, 2.05) is 27.7 Å². The van der Waals surface area contributed by atoms with E-state index in [-0.39, 0.29) is 37.8 Å². The summed E-state index contributed by atoms with van der Waals surface area (Å²) < 4.78 is 0. The Balaban J connectivity index is 1.86. The zero-order valence-corrected chi connectivity index (χ0v) is 28.9. The summed E-state index contributed by atoms with van der Waals surface area (Å²) in [4.78, 5) is 108. The van der Waals surface area contributed by atoms with Crippen molar-refractivity contribution < 1.29 is 38.4 Å². The zero-order valence-electron chi connectivity index (χ0n) is 28.9. The van der Waals surface area contributed by atoms with Crippen molar-refractivity contribution in [2.75, 3.05) is 26.2 Å². The van der Waals surface area contributed by atoms with Gasteiger partial charge in [0.05, 0.1) is 13.1 Å². The molecular formula is C32H52N8O8. The molecule has 3 fully saturated rings. The molecule has 0 aromatic heterocycles. The molecule has 3 rings (SSSR count). The number of rotatable bonds is 4. The van der Waals surface area contributed by atoms with Gasteiger partial charge in [0.1, 0.15) is 36.3 Å². The largest absolute Gasteiger partial charge is 0.345 e. The van der Waals surface area contributed by atoms with Gasteiger partial charge in [0, 0.05) is 13.1 Å². The van der Waals surface area contributed by atoms with Crippen LogP contribution in [-0.2, 0) is 38.4 Å². The van der Waals surface area contributed by atoms with Crippen LogP contribution in [0.5, 0.6) is 0 Å². The minimum absolute atomic E-state index is 0.00616. The minimum atomic E-state index is -1.05. The van der Waals surface area contributed by atoms with Crippen LogP contribution in [0.25, 0.3) is 0 Å². The average molecular weight is 677 g/mol. The van der Waals surface area contributed by atoms with Crippen molar-refractivity contribution >= 4 is 47.3 Å². The summed E-state index contributed by atoms with van der Waals surface area (Å²) in [6.45, 7) is 10.1. The summed E-state index contributed by atoms with van der Waals surface area (Å²) in [5, 5.41) is 15.6. The van der Waals surface area contributed by atoms with Crippen molar-refractivity contribution in [3.63, 3.8) is 0 Å². The normalized spacial score (nSPS) is 29.3. The van der Waals surface area contributed by atoms with Crippen LogP contribution >= 0.6 is 0 Å². The Morgan fingerprint density at radius 2 is 0.917 bits per heavy atom. The van der Waals surface area contributed by atoms with Gasteiger partial charge >= 0.3 is 0 Å². The Labute approximate surface area is 281 Å². The Morgan fingerprint density at radius 3 is 1.25 bits per heavy atom. The highest BCUT2D eigenvalue weighted by Crippen LogP contribution is 2.22. The van der Waals surface area contributed by atoms with E-state index in [4.69, 9.17) is 0 Å². The molecule has 0 aromatic carbocycles. The van der Waals surface area contributed by atoms with Gasteiger partial charge in [-0.15, -0.1) is 0 Å². The van der Waals surface area contributed by atoms with Crippen LogP contribution in [0.1, 0.15) is 80.1 Å². The van der Waals surface area contributed by atoms with Gasteiger partial charge < -0.3 is 41.7 Å². The number of carbonyl (C=O) groups excluding carboxylic acids is 8. The molecule has 48 heavy (non-hydrogen) atoms. The maximum atomic E-state index is 13.7. The Bertz CT molecular complexity index is 1160. The summed E-state index contributed by atoms with van der Waals surface area (Å²) in [5.74, 6) is -4.46. The summed E-state index contributed by atoms with van der Waals surface area (Å²) in [6.07, 6.45) is 2.38. The third-order valence-electron chi connectivity index (χ3n) is 8.71. The van der Waals surface area contributed by atoms with E-state index in [9.17, 15) is 38.4 Å². The fourth-order valence-corrected chi connectivity index (χ4v) is 6.27. The molecule has 3 saturated heterocycles. The number of fused-ring (bicyclic) bond motifs is 2. The molecular weight excluding hydrogens is 624 g/mol. The van der Waals surface area contributed by atoms with Gasteiger partial charge in [-0.3, -0.25) is 38.4 Å². The maximum Gasteiger partial charge on any atom is 0.245 e. The van der Waals surface area contributed by atoms with Crippen LogP contribution < -0.4 is 31.9 Å². The molecule has 0 radical (unpaired) electrons. The summed E-state index contributed by atoms with van der Waals surface area (Å²) in [5.41, 5.74) is 0. The second-order valence-electron chi connectivity index (χ2n) is 13.8. The second kappa shape index (κ2) is 17.2. The molecule has 3 aliphatic heterocycles. The van der Waals surface area contributed by atoms with E-state index in [0.717, 1.165) is 0 Å². The Hall–Kier alpha value is -4.24. The first kappa shape index (κ1) is 38.2. The Morgan fingerprint density at radius 1 is 0.562 bits per heavy atom. The molecule has 16 nitrogen and oxygen atoms in total. The highest BCUT2D eigenvalue weighted by Gasteiger charge is 2.40. The van der Waals surface area contributed by atoms with Crippen molar-refractivity contribution in [2.45, 2.75) is 116 Å². The average Bonchev–Trinajstić information content (AvgIpc) is 3.71. The summed E-state index contributed by atoms with van der Waals surface area (Å²) in [7, 11) is 0. The molecule has 0 aliphatic carbocycles. The molecule has 0 bridgehead atoms. The van der Waals surface area contributed by atoms with Crippen LogP contribution in [-0.4, -0.2) is 119 Å². The molecule has 0 saturated carbocycles. The molecule has 3 heterocycles. The molecule has 0 spiro atoms. The van der Waals surface area contributed by atoms with Gasteiger partial charge in [0.15, 0.2) is 0 Å². The van der Waals surface area contributed by atoms with Crippen LogP contribution in [0.15, 0.2) is 0 Å². The number of nitrogens with zero attached hydrogens (tertiary/aromatic N) is 2. The zero-order chi connectivity index (χ0) is 35.7. The molecule has 6 N–H and O–H groups in total. The SMILES string of the molecule is CC(C)C[C@@H]1NC(=O)[C@H](C)NC(=O)CNC(=O)[C@@H]2CCCN2C(=O)[C@H](CC(C)C)NC(=O)[C@H](C)NC(=O)CNC(=O)[C@@H]2CCCN2C1=O. The highest BCUT2D eigenvalue weighted by molar-refractivity contribution is 5.98. The van der Waals surface area contributed by atoms with Gasteiger partial charge in [0.25, 0.3) is 0 Å². The lowest BCUT2D eigenvalue weighted by atomic mass is 10.0. The number of nitrogens with one attached hydrogen (secondary N) is 6. The smallest absolute Gasteiger partial charge is 0.245 e. The lowest BCUT2D eigenvalue weighted by Gasteiger charge is -2.31. The highest BCUT2D eigenvalue weighted by atomic mass is 16.2. The molecule has 268 valence electrons. The van der Waals surface area contributed by atoms with E-state index >= 15 is 0 Å². The lowest BCUT2D eigenvalue weighted by molar-refractivity contribution is -0.143. The minimum Gasteiger partial charge on any atom is -0.345 e. The molecule has 0 aromatic rings. The number of carbonyl (C=O) groups is 8. The van der Waals surface area contributed by atoms with E-state index in [2.05, 4.69) is 31.9 Å². The molecule has 8 amide bonds. The standard InChI is InChI=1S/C32H52N8O8/c1-17(2)13-21-31(47)39-11-7-9-23(39)29(45)33-16-26(42)36-20(6)28(44)38-22(14-18(3)4)32(48)40-12-8-10-24(40)30(46)34-15-25(41)35-19(5)27(43)37-21/h17-24H,7-16H2,1-6H3,(H,33,45)(H,34,46)(H,35,41)(H,36,42)(H,37,43)(H,38,44)/t19-,20-,21-,22-,23-,24-/m0/s1. The van der Waals surface area contributed by atoms with Crippen molar-refractivity contribution in [3.05, 3.63) is 0 Å². The molecule has 3 aliphatic rings. The van der Waals surface area contributed by atoms with Gasteiger partial charge in [0.2, 0.25) is 47.3 Å². The van der Waals surface area contributed by atoms with Crippen molar-refractivity contribution in [3.8, 4) is 0 Å². The van der Waals surface area contributed by atoms with E-state index in [1.165, 1.54) is 23.6 Å². The van der Waals surface area contributed by atoms with Crippen molar-refractivity contribution in [1.29, 1.82) is 0 Å². The van der Waals surface area contributed by atoms with Crippen molar-refractivity contribution in [1.82, 2.24) is 41.7 Å². The first-order valence-corrected chi connectivity index (χ1v) is 16.9. The van der Waals surface area contributed by atoms with Gasteiger partial charge in [-0.2, -0.15) is 0 Å². The predicted molar refractivity (Wildman–Crippen MR) is 173 cm³/mol. The number of hydrogen-bond donors (Lipinski definition) is 6. The van der Waals surface area contributed by atoms with Gasteiger partial charge in [-0.05, 0) is 64.2 Å². The lowest BCUT2D eigenvalue weighted by Crippen LogP contribution is -2.58. The summed E-state index contributed by atoms with van der Waals surface area (Å²) in [6, 6.07) is -5.76. The van der Waals surface area contributed by atoms with Gasteiger partial charge in [-0.1, -0.05) is 27.7 Å². The van der Waals surface area contributed by atoms with E-state index < -0.39 is 96.6 Å². The van der Waals surface area contributed by atoms with E-state index in [1.54, 1.807) is 0 Å². The topological polar surface area (TPSA) is 215 Å². The van der Waals surface area contributed by atoms with Crippen LogP contribution in [0.3, 0.4) is 0 Å². The molecule has 0 unspecified atom stereocenters. The quantitative estimate of drug-likeness (QED) is 0.201. The fourth-order valence-electron chi connectivity index (χ4n) is 6.27. The van der Waals surface area contributed by atoms with Gasteiger partial charge in [-0.25, -0.2) is 0 Å². The monoisotopic (exact) mass is 676 g/mol. The molecule has 6 atom stereocenters. The number of amides is 8. The first-order valence-electron chi connectivity index (χ1n) is 16.9. The van der Waals surface area contributed by atoms with Crippen molar-refractivity contribution in [2.24, 2.45) is 11.8 Å².